The van der Waals surface area contributed by atoms with E-state index in [4.69, 9.17) is 0 Å². The van der Waals surface area contributed by atoms with E-state index < -0.39 is 0 Å². The minimum Gasteiger partial charge on any atom is -0.310 e. The van der Waals surface area contributed by atoms with E-state index in [0.717, 1.165) is 23.5 Å². The summed E-state index contributed by atoms with van der Waals surface area (Å²) in [5.41, 5.74) is 11.0. The Morgan fingerprint density at radius 3 is 1.38 bits per heavy atom. The lowest BCUT2D eigenvalue weighted by atomic mass is 9.87. The molecule has 0 amide bonds. The number of nitrogens with zero attached hydrogens (tertiary/aromatic N) is 1. The van der Waals surface area contributed by atoms with Gasteiger partial charge in [-0.3, -0.25) is 0 Å². The van der Waals surface area contributed by atoms with E-state index in [2.05, 4.69) is 212 Å². The molecule has 0 saturated heterocycles. The molecule has 1 atom stereocenters. The quantitative estimate of drug-likeness (QED) is 0.146. The fraction of sp³-hybridized carbons (Fsp3) is 0.0588. The van der Waals surface area contributed by atoms with E-state index >= 15 is 0 Å². The molecule has 9 aromatic rings. The maximum absolute atomic E-state index is 2.36. The highest BCUT2D eigenvalue weighted by molar-refractivity contribution is 6.02. The summed E-state index contributed by atoms with van der Waals surface area (Å²) in [5, 5.41) is 7.80. The zero-order valence-electron chi connectivity index (χ0n) is 29.3. The second kappa shape index (κ2) is 13.7. The second-order valence-electron chi connectivity index (χ2n) is 13.9. The largest absolute Gasteiger partial charge is 0.310 e. The van der Waals surface area contributed by atoms with Gasteiger partial charge in [-0.15, -0.1) is 0 Å². The van der Waals surface area contributed by atoms with Crippen LogP contribution in [0.15, 0.2) is 200 Å². The summed E-state index contributed by atoms with van der Waals surface area (Å²) in [6.45, 7) is 2.36. The fourth-order valence-electron chi connectivity index (χ4n) is 7.76. The number of anilines is 3. The molecule has 0 aliphatic carbocycles. The number of hydrogen-bond acceptors (Lipinski definition) is 1. The summed E-state index contributed by atoms with van der Waals surface area (Å²) in [5.74, 6) is 0.384. The third-order valence-electron chi connectivity index (χ3n) is 10.6. The van der Waals surface area contributed by atoms with Gasteiger partial charge in [0.05, 0.1) is 0 Å². The highest BCUT2D eigenvalue weighted by atomic mass is 15.1. The molecule has 9 rings (SSSR count). The normalized spacial score (nSPS) is 11.9. The second-order valence-corrected chi connectivity index (χ2v) is 13.9. The fourth-order valence-corrected chi connectivity index (χ4v) is 7.76. The van der Waals surface area contributed by atoms with Gasteiger partial charge in [-0.1, -0.05) is 165 Å². The molecule has 0 aliphatic rings. The van der Waals surface area contributed by atoms with Crippen LogP contribution in [0.25, 0.3) is 54.6 Å². The van der Waals surface area contributed by atoms with Gasteiger partial charge in [0, 0.05) is 17.1 Å². The molecule has 0 bridgehead atoms. The summed E-state index contributed by atoms with van der Waals surface area (Å²) in [4.78, 5) is 2.35. The standard InChI is InChI=1S/C51H39N/c1-36(33-51-49-17-9-7-15-44(49)34-45-16-8-10-18-50(45)51)37-19-21-40(22-20-37)42-25-30-47(31-26-42)52(48-32-27-39-13-5-6-14-43(39)35-48)46-28-23-41(24-29-46)38-11-3-2-4-12-38/h2-32,34-36H,33H2,1H3. The van der Waals surface area contributed by atoms with Crippen molar-refractivity contribution in [2.75, 3.05) is 4.90 Å². The Morgan fingerprint density at radius 2 is 0.808 bits per heavy atom. The Hall–Kier alpha value is -6.44. The van der Waals surface area contributed by atoms with E-state index in [9.17, 15) is 0 Å². The van der Waals surface area contributed by atoms with Gasteiger partial charge in [0.1, 0.15) is 0 Å². The maximum atomic E-state index is 2.36. The Kier molecular flexibility index (Phi) is 8.31. The van der Waals surface area contributed by atoms with Crippen molar-refractivity contribution >= 4 is 49.4 Å². The van der Waals surface area contributed by atoms with Gasteiger partial charge in [0.2, 0.25) is 0 Å². The third kappa shape index (κ3) is 6.12. The molecule has 0 spiro atoms. The van der Waals surface area contributed by atoms with Gasteiger partial charge in [-0.05, 0) is 121 Å². The Bertz CT molecular complexity index is 2580. The first kappa shape index (κ1) is 31.5. The van der Waals surface area contributed by atoms with E-state index in [1.165, 1.54) is 65.7 Å². The predicted octanol–water partition coefficient (Wildman–Crippen LogP) is 14.3. The molecule has 0 radical (unpaired) electrons. The summed E-state index contributed by atoms with van der Waals surface area (Å²) in [6, 6.07) is 72.9. The van der Waals surface area contributed by atoms with Crippen LogP contribution in [0.1, 0.15) is 24.0 Å². The van der Waals surface area contributed by atoms with E-state index in [1.54, 1.807) is 0 Å². The smallest absolute Gasteiger partial charge is 0.0468 e. The third-order valence-corrected chi connectivity index (χ3v) is 10.6. The minimum absolute atomic E-state index is 0.384. The Balaban J connectivity index is 1.00. The van der Waals surface area contributed by atoms with Crippen LogP contribution >= 0.6 is 0 Å². The van der Waals surface area contributed by atoms with Gasteiger partial charge in [0.25, 0.3) is 0 Å². The minimum atomic E-state index is 0.384. The molecule has 0 aromatic heterocycles. The molecule has 1 unspecified atom stereocenters. The van der Waals surface area contributed by atoms with Gasteiger partial charge < -0.3 is 4.90 Å². The molecule has 52 heavy (non-hydrogen) atoms. The number of hydrogen-bond donors (Lipinski definition) is 0. The molecule has 0 heterocycles. The van der Waals surface area contributed by atoms with E-state index in [-0.39, 0.29) is 0 Å². The topological polar surface area (TPSA) is 3.24 Å². The van der Waals surface area contributed by atoms with Gasteiger partial charge >= 0.3 is 0 Å². The van der Waals surface area contributed by atoms with Gasteiger partial charge in [0.15, 0.2) is 0 Å². The first-order valence-electron chi connectivity index (χ1n) is 18.2. The average molecular weight is 666 g/mol. The van der Waals surface area contributed by atoms with Crippen molar-refractivity contribution in [2.24, 2.45) is 0 Å². The number of benzene rings is 9. The molecule has 9 aromatic carbocycles. The first-order chi connectivity index (χ1) is 25.7. The van der Waals surface area contributed by atoms with Crippen LogP contribution in [-0.2, 0) is 6.42 Å². The van der Waals surface area contributed by atoms with Gasteiger partial charge in [-0.2, -0.15) is 0 Å². The average Bonchev–Trinajstić information content (AvgIpc) is 3.22. The molecule has 0 aliphatic heterocycles. The lowest BCUT2D eigenvalue weighted by Crippen LogP contribution is -2.09. The number of fused-ring (bicyclic) bond motifs is 3. The van der Waals surface area contributed by atoms with Crippen molar-refractivity contribution in [1.82, 2.24) is 0 Å². The molecule has 0 fully saturated rings. The molecular weight excluding hydrogens is 627 g/mol. The lowest BCUT2D eigenvalue weighted by Gasteiger charge is -2.26. The molecule has 248 valence electrons. The highest BCUT2D eigenvalue weighted by Crippen LogP contribution is 2.38. The monoisotopic (exact) mass is 665 g/mol. The van der Waals surface area contributed by atoms with Gasteiger partial charge in [-0.25, -0.2) is 0 Å². The molecular formula is C51H39N. The summed E-state index contributed by atoms with van der Waals surface area (Å²) in [7, 11) is 0. The van der Waals surface area contributed by atoms with Crippen LogP contribution in [0, 0.1) is 0 Å². The summed E-state index contributed by atoms with van der Waals surface area (Å²) < 4.78 is 0. The summed E-state index contributed by atoms with van der Waals surface area (Å²) >= 11 is 0. The molecule has 0 saturated carbocycles. The van der Waals surface area contributed by atoms with E-state index in [0.29, 0.717) is 5.92 Å². The van der Waals surface area contributed by atoms with E-state index in [1.807, 2.05) is 0 Å². The van der Waals surface area contributed by atoms with Crippen LogP contribution in [0.2, 0.25) is 0 Å². The predicted molar refractivity (Wildman–Crippen MR) is 223 cm³/mol. The molecule has 1 nitrogen and oxygen atoms in total. The van der Waals surface area contributed by atoms with Crippen molar-refractivity contribution in [2.45, 2.75) is 19.3 Å². The zero-order chi connectivity index (χ0) is 34.9. The van der Waals surface area contributed by atoms with Crippen LogP contribution < -0.4 is 4.90 Å². The van der Waals surface area contributed by atoms with Crippen molar-refractivity contribution in [3.8, 4) is 22.3 Å². The summed E-state index contributed by atoms with van der Waals surface area (Å²) in [6.07, 6.45) is 0.993. The number of rotatable bonds is 8. The van der Waals surface area contributed by atoms with Crippen LogP contribution in [-0.4, -0.2) is 0 Å². The first-order valence-corrected chi connectivity index (χ1v) is 18.2. The molecule has 1 heteroatoms. The molecule has 0 N–H and O–H groups in total. The van der Waals surface area contributed by atoms with Crippen molar-refractivity contribution in [1.29, 1.82) is 0 Å². The van der Waals surface area contributed by atoms with Crippen molar-refractivity contribution in [3.63, 3.8) is 0 Å². The SMILES string of the molecule is CC(Cc1c2ccccc2cc2ccccc12)c1ccc(-c2ccc(N(c3ccc(-c4ccccc4)cc3)c3ccc4ccccc4c3)cc2)cc1. The van der Waals surface area contributed by atoms with Crippen molar-refractivity contribution < 1.29 is 0 Å². The van der Waals surface area contributed by atoms with Crippen molar-refractivity contribution in [3.05, 3.63) is 211 Å². The van der Waals surface area contributed by atoms with Crippen LogP contribution in [0.4, 0.5) is 17.1 Å². The zero-order valence-corrected chi connectivity index (χ0v) is 29.3. The Morgan fingerprint density at radius 1 is 0.365 bits per heavy atom. The Labute approximate surface area is 306 Å². The lowest BCUT2D eigenvalue weighted by molar-refractivity contribution is 0.767. The highest BCUT2D eigenvalue weighted by Gasteiger charge is 2.16. The van der Waals surface area contributed by atoms with Crippen LogP contribution in [0.3, 0.4) is 0 Å². The maximum Gasteiger partial charge on any atom is 0.0468 e. The van der Waals surface area contributed by atoms with Crippen LogP contribution in [0.5, 0.6) is 0 Å².